The van der Waals surface area contributed by atoms with Crippen molar-refractivity contribution in [3.8, 4) is 0 Å². The number of carbonyl (C=O) groups excluding carboxylic acids is 2. The zero-order chi connectivity index (χ0) is 21.8. The molecule has 31 heavy (non-hydrogen) atoms. The second kappa shape index (κ2) is 8.09. The Morgan fingerprint density at radius 1 is 1.19 bits per heavy atom. The number of rotatable bonds is 6. The molecule has 0 radical (unpaired) electrons. The fraction of sp³-hybridized carbons (Fsp3) is 0.905. The van der Waals surface area contributed by atoms with Crippen LogP contribution in [-0.4, -0.2) is 77.5 Å². The smallest absolute Gasteiger partial charge is 0.246 e. The molecular weight excluding hydrogens is 425 g/mol. The van der Waals surface area contributed by atoms with Gasteiger partial charge in [0.25, 0.3) is 0 Å². The number of halogens is 2. The van der Waals surface area contributed by atoms with Gasteiger partial charge in [-0.1, -0.05) is 6.92 Å². The van der Waals surface area contributed by atoms with Gasteiger partial charge in [-0.05, 0) is 38.0 Å². The van der Waals surface area contributed by atoms with E-state index < -0.39 is 11.5 Å². The van der Waals surface area contributed by atoms with Gasteiger partial charge in [0.15, 0.2) is 0 Å². The molecular formula is C21H33ClFN5O3. The topological polar surface area (TPSA) is 94.7 Å². The first-order valence-corrected chi connectivity index (χ1v) is 12.0. The molecule has 2 saturated heterocycles. The molecule has 174 valence electrons. The number of nitrogens with one attached hydrogen (secondary N) is 4. The SMILES string of the molecule is CC1CNC2CC(C(=O)NC34CC(NC(=O)COC5CCC(Cl)C(F)C5)(C3)C4)NN2C1. The largest absolute Gasteiger partial charge is 0.368 e. The first kappa shape index (κ1) is 21.8. The van der Waals surface area contributed by atoms with Gasteiger partial charge in [0.05, 0.1) is 17.6 Å². The average molecular weight is 458 g/mol. The summed E-state index contributed by atoms with van der Waals surface area (Å²) in [4.78, 5) is 25.1. The van der Waals surface area contributed by atoms with E-state index in [0.29, 0.717) is 18.8 Å². The summed E-state index contributed by atoms with van der Waals surface area (Å²) < 4.78 is 19.3. The van der Waals surface area contributed by atoms with E-state index in [-0.39, 0.29) is 54.2 Å². The zero-order valence-corrected chi connectivity index (χ0v) is 18.7. The number of hydrogen-bond donors (Lipinski definition) is 4. The van der Waals surface area contributed by atoms with Crippen LogP contribution in [0.1, 0.15) is 51.9 Å². The molecule has 6 atom stereocenters. The Hall–Kier alpha value is -1.00. The van der Waals surface area contributed by atoms with Crippen molar-refractivity contribution in [1.29, 1.82) is 0 Å². The number of hydrogen-bond acceptors (Lipinski definition) is 6. The van der Waals surface area contributed by atoms with Gasteiger partial charge in [-0.2, -0.15) is 0 Å². The quantitative estimate of drug-likeness (QED) is 0.435. The molecule has 0 aromatic heterocycles. The van der Waals surface area contributed by atoms with E-state index in [0.717, 1.165) is 38.8 Å². The highest BCUT2D eigenvalue weighted by molar-refractivity contribution is 6.21. The Balaban J connectivity index is 1.02. The molecule has 6 fully saturated rings. The molecule has 6 aliphatic rings. The standard InChI is InChI=1S/C21H33ClFN5O3/c1-12-6-24-17-5-16(27-28(17)7-12)19(30)26-21-9-20(10-21,11-21)25-18(29)8-31-13-2-3-14(22)15(23)4-13/h12-17,24,27H,2-11H2,1H3,(H,25,29)(H,26,30). The van der Waals surface area contributed by atoms with Gasteiger partial charge < -0.3 is 20.7 Å². The molecule has 4 N–H and O–H groups in total. The van der Waals surface area contributed by atoms with Crippen LogP contribution in [0.5, 0.6) is 0 Å². The molecule has 4 saturated carbocycles. The molecule has 6 rings (SSSR count). The minimum Gasteiger partial charge on any atom is -0.368 e. The molecule has 2 amide bonds. The lowest BCUT2D eigenvalue weighted by Crippen LogP contribution is -2.84. The van der Waals surface area contributed by atoms with Gasteiger partial charge >= 0.3 is 0 Å². The molecule has 2 aliphatic heterocycles. The van der Waals surface area contributed by atoms with Crippen molar-refractivity contribution in [3.05, 3.63) is 0 Å². The van der Waals surface area contributed by atoms with Gasteiger partial charge in [-0.15, -0.1) is 11.6 Å². The predicted molar refractivity (Wildman–Crippen MR) is 113 cm³/mol. The lowest BCUT2D eigenvalue weighted by atomic mass is 9.44. The van der Waals surface area contributed by atoms with Crippen LogP contribution in [0.3, 0.4) is 0 Å². The van der Waals surface area contributed by atoms with E-state index in [9.17, 15) is 14.0 Å². The van der Waals surface area contributed by atoms with E-state index in [1.165, 1.54) is 0 Å². The maximum Gasteiger partial charge on any atom is 0.246 e. The average Bonchev–Trinajstić information content (AvgIpc) is 3.09. The van der Waals surface area contributed by atoms with Gasteiger partial charge in [0.2, 0.25) is 11.8 Å². The van der Waals surface area contributed by atoms with Crippen molar-refractivity contribution >= 4 is 23.4 Å². The van der Waals surface area contributed by atoms with Crippen LogP contribution in [0, 0.1) is 5.92 Å². The Morgan fingerprint density at radius 3 is 2.68 bits per heavy atom. The van der Waals surface area contributed by atoms with E-state index in [2.05, 4.69) is 33.3 Å². The van der Waals surface area contributed by atoms with Crippen molar-refractivity contribution < 1.29 is 18.7 Å². The van der Waals surface area contributed by atoms with Gasteiger partial charge in [0.1, 0.15) is 18.8 Å². The molecule has 0 aromatic rings. The third-order valence-corrected chi connectivity index (χ3v) is 8.09. The second-order valence-electron chi connectivity index (χ2n) is 10.5. The van der Waals surface area contributed by atoms with E-state index >= 15 is 0 Å². The number of hydrazine groups is 1. The highest BCUT2D eigenvalue weighted by Crippen LogP contribution is 2.60. The molecule has 8 nitrogen and oxygen atoms in total. The Morgan fingerprint density at radius 2 is 1.94 bits per heavy atom. The number of carbonyl (C=O) groups is 2. The number of ether oxygens (including phenoxy) is 1. The van der Waals surface area contributed by atoms with E-state index in [1.54, 1.807) is 0 Å². The highest BCUT2D eigenvalue weighted by Gasteiger charge is 2.69. The van der Waals surface area contributed by atoms with Crippen molar-refractivity contribution in [2.75, 3.05) is 19.7 Å². The van der Waals surface area contributed by atoms with Crippen LogP contribution >= 0.6 is 11.6 Å². The molecule has 4 aliphatic carbocycles. The first-order valence-electron chi connectivity index (χ1n) is 11.5. The third-order valence-electron chi connectivity index (χ3n) is 7.60. The molecule has 6 unspecified atom stereocenters. The maximum absolute atomic E-state index is 13.7. The van der Waals surface area contributed by atoms with Crippen LogP contribution in [0.15, 0.2) is 0 Å². The summed E-state index contributed by atoms with van der Waals surface area (Å²) in [7, 11) is 0. The van der Waals surface area contributed by atoms with Crippen LogP contribution in [0.2, 0.25) is 0 Å². The van der Waals surface area contributed by atoms with Crippen molar-refractivity contribution in [2.24, 2.45) is 5.92 Å². The predicted octanol–water partition coefficient (Wildman–Crippen LogP) is 0.553. The van der Waals surface area contributed by atoms with Crippen molar-refractivity contribution in [1.82, 2.24) is 26.4 Å². The summed E-state index contributed by atoms with van der Waals surface area (Å²) >= 11 is 5.89. The summed E-state index contributed by atoms with van der Waals surface area (Å²) in [5.41, 5.74) is 2.94. The van der Waals surface area contributed by atoms with Gasteiger partial charge in [-0.25, -0.2) is 14.8 Å². The lowest BCUT2D eigenvalue weighted by molar-refractivity contribution is -0.154. The Kier molecular flexibility index (Phi) is 5.70. The summed E-state index contributed by atoms with van der Waals surface area (Å²) in [5.74, 6) is 0.435. The summed E-state index contributed by atoms with van der Waals surface area (Å²) in [6.45, 7) is 4.07. The van der Waals surface area contributed by atoms with Crippen molar-refractivity contribution in [3.63, 3.8) is 0 Å². The Bertz CT molecular complexity index is 722. The molecule has 2 bridgehead atoms. The van der Waals surface area contributed by atoms with Gasteiger partial charge in [-0.3, -0.25) is 9.59 Å². The van der Waals surface area contributed by atoms with Gasteiger partial charge in [0, 0.05) is 37.0 Å². The third kappa shape index (κ3) is 4.31. The normalized spacial score (nSPS) is 46.4. The van der Waals surface area contributed by atoms with E-state index in [4.69, 9.17) is 16.3 Å². The number of alkyl halides is 2. The monoisotopic (exact) mass is 457 g/mol. The minimum atomic E-state index is -1.07. The summed E-state index contributed by atoms with van der Waals surface area (Å²) in [6.07, 6.45) is 3.46. The van der Waals surface area contributed by atoms with Crippen LogP contribution in [-0.2, 0) is 14.3 Å². The fourth-order valence-electron chi connectivity index (χ4n) is 6.09. The van der Waals surface area contributed by atoms with Crippen molar-refractivity contribution in [2.45, 2.75) is 92.8 Å². The number of nitrogens with zero attached hydrogens (tertiary/aromatic N) is 1. The lowest BCUT2D eigenvalue weighted by Gasteiger charge is -2.70. The fourth-order valence-corrected chi connectivity index (χ4v) is 6.32. The van der Waals surface area contributed by atoms with Crippen LogP contribution in [0.4, 0.5) is 4.39 Å². The minimum absolute atomic E-state index is 0.0440. The second-order valence-corrected chi connectivity index (χ2v) is 11.1. The zero-order valence-electron chi connectivity index (χ0n) is 18.0. The number of fused-ring (bicyclic) bond motifs is 1. The summed E-state index contributed by atoms with van der Waals surface area (Å²) in [6, 6.07) is -0.210. The van der Waals surface area contributed by atoms with E-state index in [1.807, 2.05) is 0 Å². The first-order chi connectivity index (χ1) is 14.7. The highest BCUT2D eigenvalue weighted by atomic mass is 35.5. The molecule has 0 aromatic carbocycles. The summed E-state index contributed by atoms with van der Waals surface area (Å²) in [5, 5.41) is 11.5. The number of amides is 2. The molecule has 0 spiro atoms. The molecule has 10 heteroatoms. The maximum atomic E-state index is 13.7. The Labute approximate surface area is 187 Å². The van der Waals surface area contributed by atoms with Crippen LogP contribution in [0.25, 0.3) is 0 Å². The molecule has 2 heterocycles. The van der Waals surface area contributed by atoms with Crippen LogP contribution < -0.4 is 21.4 Å².